The Morgan fingerprint density at radius 3 is 2.58 bits per heavy atom. The summed E-state index contributed by atoms with van der Waals surface area (Å²) < 4.78 is 0. The molecule has 0 unspecified atom stereocenters. The van der Waals surface area contributed by atoms with Crippen molar-refractivity contribution in [2.75, 3.05) is 5.32 Å². The van der Waals surface area contributed by atoms with Gasteiger partial charge in [0.05, 0.1) is 11.8 Å². The molecule has 2 aliphatic carbocycles. The number of fused-ring (bicyclic) bond motifs is 2. The molecule has 3 rings (SSSR count). The molecule has 0 aliphatic heterocycles. The van der Waals surface area contributed by atoms with Crippen LogP contribution in [0.3, 0.4) is 0 Å². The third-order valence-corrected chi connectivity index (χ3v) is 4.56. The highest BCUT2D eigenvalue weighted by atomic mass is 32.1. The van der Waals surface area contributed by atoms with Crippen molar-refractivity contribution in [2.45, 2.75) is 13.3 Å². The number of aliphatic carboxylic acids is 1. The van der Waals surface area contributed by atoms with E-state index in [1.54, 1.807) is 6.92 Å². The van der Waals surface area contributed by atoms with Crippen LogP contribution < -0.4 is 5.32 Å². The fraction of sp³-hybridized carbons (Fsp3) is 0.500. The number of rotatable bonds is 3. The average Bonchev–Trinajstić information content (AvgIpc) is 3.03. The third kappa shape index (κ3) is 2.03. The molecule has 1 aromatic rings. The molecular formula is C12H13N3O3S. The van der Waals surface area contributed by atoms with E-state index in [2.05, 4.69) is 15.5 Å². The lowest BCUT2D eigenvalue weighted by atomic mass is 9.82. The minimum atomic E-state index is -0.898. The summed E-state index contributed by atoms with van der Waals surface area (Å²) in [6, 6.07) is 0. The molecule has 0 aromatic carbocycles. The van der Waals surface area contributed by atoms with Gasteiger partial charge in [0.1, 0.15) is 5.01 Å². The van der Waals surface area contributed by atoms with E-state index in [1.807, 2.05) is 12.2 Å². The van der Waals surface area contributed by atoms with Crippen LogP contribution in [0.4, 0.5) is 5.13 Å². The smallest absolute Gasteiger partial charge is 0.307 e. The Morgan fingerprint density at radius 2 is 2.00 bits per heavy atom. The van der Waals surface area contributed by atoms with Gasteiger partial charge < -0.3 is 10.4 Å². The molecule has 100 valence electrons. The summed E-state index contributed by atoms with van der Waals surface area (Å²) in [5, 5.41) is 20.8. The molecule has 19 heavy (non-hydrogen) atoms. The summed E-state index contributed by atoms with van der Waals surface area (Å²) in [6.45, 7) is 1.80. The number of hydrogen-bond acceptors (Lipinski definition) is 5. The molecule has 2 N–H and O–H groups in total. The van der Waals surface area contributed by atoms with Crippen molar-refractivity contribution in [1.29, 1.82) is 0 Å². The van der Waals surface area contributed by atoms with E-state index in [0.29, 0.717) is 5.13 Å². The van der Waals surface area contributed by atoms with Gasteiger partial charge >= 0.3 is 5.97 Å². The SMILES string of the molecule is Cc1nnc(NC(=O)[C@@H]2[C@@H](C(=O)O)[C@H]3C=C[C@H]2C3)s1. The van der Waals surface area contributed by atoms with Crippen LogP contribution in [0.5, 0.6) is 0 Å². The van der Waals surface area contributed by atoms with Crippen molar-refractivity contribution in [3.05, 3.63) is 17.2 Å². The van der Waals surface area contributed by atoms with Crippen molar-refractivity contribution in [1.82, 2.24) is 10.2 Å². The zero-order valence-electron chi connectivity index (χ0n) is 10.2. The van der Waals surface area contributed by atoms with Crippen LogP contribution in [0, 0.1) is 30.6 Å². The number of allylic oxidation sites excluding steroid dienone is 2. The summed E-state index contributed by atoms with van der Waals surface area (Å²) in [6.07, 6.45) is 4.63. The number of aryl methyl sites for hydroxylation is 1. The summed E-state index contributed by atoms with van der Waals surface area (Å²) in [4.78, 5) is 23.6. The Labute approximate surface area is 113 Å². The minimum absolute atomic E-state index is 0.0191. The molecule has 0 radical (unpaired) electrons. The number of carbonyl (C=O) groups is 2. The Morgan fingerprint density at radius 1 is 1.32 bits per heavy atom. The van der Waals surface area contributed by atoms with Gasteiger partial charge in [-0.2, -0.15) is 0 Å². The predicted molar refractivity (Wildman–Crippen MR) is 68.6 cm³/mol. The van der Waals surface area contributed by atoms with Gasteiger partial charge in [0.25, 0.3) is 0 Å². The van der Waals surface area contributed by atoms with E-state index < -0.39 is 17.8 Å². The van der Waals surface area contributed by atoms with Gasteiger partial charge in [0.2, 0.25) is 11.0 Å². The number of hydrogen-bond donors (Lipinski definition) is 2. The number of carbonyl (C=O) groups excluding carboxylic acids is 1. The highest BCUT2D eigenvalue weighted by Crippen LogP contribution is 2.48. The normalized spacial score (nSPS) is 31.6. The molecule has 1 saturated carbocycles. The maximum atomic E-state index is 12.3. The van der Waals surface area contributed by atoms with Gasteiger partial charge in [-0.15, -0.1) is 10.2 Å². The van der Waals surface area contributed by atoms with Gasteiger partial charge in [0, 0.05) is 0 Å². The maximum Gasteiger partial charge on any atom is 0.307 e. The monoisotopic (exact) mass is 279 g/mol. The Kier molecular flexibility index (Phi) is 2.85. The summed E-state index contributed by atoms with van der Waals surface area (Å²) in [7, 11) is 0. The van der Waals surface area contributed by atoms with E-state index in [1.165, 1.54) is 11.3 Å². The van der Waals surface area contributed by atoms with Crippen LogP contribution >= 0.6 is 11.3 Å². The molecule has 1 heterocycles. The predicted octanol–water partition coefficient (Wildman–Crippen LogP) is 1.31. The number of nitrogens with one attached hydrogen (secondary N) is 1. The molecule has 0 spiro atoms. The first-order chi connectivity index (χ1) is 9.06. The highest BCUT2D eigenvalue weighted by molar-refractivity contribution is 7.15. The number of aromatic nitrogens is 2. The van der Waals surface area contributed by atoms with Crippen LogP contribution in [-0.2, 0) is 9.59 Å². The molecule has 1 aromatic heterocycles. The molecule has 0 saturated heterocycles. The molecule has 6 nitrogen and oxygen atoms in total. The molecule has 4 atom stereocenters. The Bertz CT molecular complexity index is 568. The molecule has 2 aliphatic rings. The fourth-order valence-electron chi connectivity index (χ4n) is 3.05. The van der Waals surface area contributed by atoms with Crippen molar-refractivity contribution < 1.29 is 14.7 Å². The van der Waals surface area contributed by atoms with Crippen molar-refractivity contribution in [2.24, 2.45) is 23.7 Å². The second-order valence-corrected chi connectivity index (χ2v) is 6.14. The maximum absolute atomic E-state index is 12.3. The van der Waals surface area contributed by atoms with Crippen molar-refractivity contribution >= 4 is 28.3 Å². The van der Waals surface area contributed by atoms with Crippen LogP contribution in [0.15, 0.2) is 12.2 Å². The largest absolute Gasteiger partial charge is 0.481 e. The fourth-order valence-corrected chi connectivity index (χ4v) is 3.65. The summed E-state index contributed by atoms with van der Waals surface area (Å²) >= 11 is 1.28. The minimum Gasteiger partial charge on any atom is -0.481 e. The Balaban J connectivity index is 1.79. The second-order valence-electron chi connectivity index (χ2n) is 4.95. The number of carboxylic acids is 1. The lowest BCUT2D eigenvalue weighted by Gasteiger charge is -2.23. The van der Waals surface area contributed by atoms with Gasteiger partial charge in [-0.1, -0.05) is 23.5 Å². The van der Waals surface area contributed by atoms with Gasteiger partial charge in [-0.25, -0.2) is 0 Å². The summed E-state index contributed by atoms with van der Waals surface area (Å²) in [5.74, 6) is -2.28. The number of carboxylic acid groups (broad SMARTS) is 1. The molecule has 1 amide bonds. The van der Waals surface area contributed by atoms with E-state index in [0.717, 1.165) is 11.4 Å². The second kappa shape index (κ2) is 4.41. The van der Waals surface area contributed by atoms with Gasteiger partial charge in [-0.3, -0.25) is 9.59 Å². The topological polar surface area (TPSA) is 92.2 Å². The lowest BCUT2D eigenvalue weighted by molar-refractivity contribution is -0.146. The zero-order valence-corrected chi connectivity index (χ0v) is 11.1. The number of anilines is 1. The highest BCUT2D eigenvalue weighted by Gasteiger charge is 2.51. The zero-order chi connectivity index (χ0) is 13.6. The molecule has 2 bridgehead atoms. The average molecular weight is 279 g/mol. The quantitative estimate of drug-likeness (QED) is 0.814. The number of nitrogens with zero attached hydrogens (tertiary/aromatic N) is 2. The van der Waals surface area contributed by atoms with E-state index in [4.69, 9.17) is 0 Å². The first-order valence-electron chi connectivity index (χ1n) is 6.08. The first kappa shape index (κ1) is 12.3. The molecule has 1 fully saturated rings. The standard InChI is InChI=1S/C12H13N3O3S/c1-5-14-15-12(19-5)13-10(16)8-6-2-3-7(4-6)9(8)11(17)18/h2-3,6-9H,4H2,1H3,(H,17,18)(H,13,15,16)/t6-,7-,8-,9-/m0/s1. The number of amides is 1. The van der Waals surface area contributed by atoms with Crippen molar-refractivity contribution in [3.63, 3.8) is 0 Å². The van der Waals surface area contributed by atoms with E-state index >= 15 is 0 Å². The van der Waals surface area contributed by atoms with E-state index in [9.17, 15) is 14.7 Å². The van der Waals surface area contributed by atoms with Crippen LogP contribution in [0.2, 0.25) is 0 Å². The van der Waals surface area contributed by atoms with Crippen molar-refractivity contribution in [3.8, 4) is 0 Å². The van der Waals surface area contributed by atoms with E-state index in [-0.39, 0.29) is 17.7 Å². The summed E-state index contributed by atoms with van der Waals surface area (Å²) in [5.41, 5.74) is 0. The van der Waals surface area contributed by atoms with Crippen LogP contribution in [-0.4, -0.2) is 27.2 Å². The Hall–Kier alpha value is -1.76. The van der Waals surface area contributed by atoms with Gasteiger partial charge in [0.15, 0.2) is 0 Å². The van der Waals surface area contributed by atoms with Crippen LogP contribution in [0.25, 0.3) is 0 Å². The third-order valence-electron chi connectivity index (χ3n) is 3.80. The van der Waals surface area contributed by atoms with Crippen LogP contribution in [0.1, 0.15) is 11.4 Å². The lowest BCUT2D eigenvalue weighted by Crippen LogP contribution is -2.36. The van der Waals surface area contributed by atoms with Gasteiger partial charge in [-0.05, 0) is 25.2 Å². The first-order valence-corrected chi connectivity index (χ1v) is 6.90. The molecular weight excluding hydrogens is 266 g/mol. The molecule has 7 heteroatoms.